The van der Waals surface area contributed by atoms with Crippen LogP contribution in [-0.2, 0) is 25.5 Å². The topological polar surface area (TPSA) is 84.5 Å². The number of carbonyl (C=O) groups is 3. The van der Waals surface area contributed by atoms with Crippen LogP contribution in [0.4, 0.5) is 4.39 Å². The third-order valence-corrected chi connectivity index (χ3v) is 3.20. The fourth-order valence-corrected chi connectivity index (χ4v) is 2.06. The first-order valence-corrected chi connectivity index (χ1v) is 7.21. The Balaban J connectivity index is 2.92. The molecule has 0 aliphatic carbocycles. The molecule has 0 fully saturated rings. The summed E-state index contributed by atoms with van der Waals surface area (Å²) in [7, 11) is 1.17. The number of rotatable bonds is 7. The van der Waals surface area contributed by atoms with Crippen LogP contribution in [0.3, 0.4) is 0 Å². The third kappa shape index (κ3) is 5.72. The summed E-state index contributed by atoms with van der Waals surface area (Å²) in [5.41, 5.74) is 0.262. The van der Waals surface area contributed by atoms with E-state index in [-0.39, 0.29) is 18.4 Å². The second-order valence-corrected chi connectivity index (χ2v) is 5.04. The highest BCUT2D eigenvalue weighted by molar-refractivity contribution is 5.90. The van der Waals surface area contributed by atoms with E-state index in [1.165, 1.54) is 32.2 Å². The molecule has 2 N–H and O–H groups in total. The molecule has 0 radical (unpaired) electrons. The van der Waals surface area contributed by atoms with Gasteiger partial charge in [-0.1, -0.05) is 18.2 Å². The number of hydrogen-bond donors (Lipinski definition) is 2. The molecule has 0 unspecified atom stereocenters. The molecule has 0 saturated carbocycles. The van der Waals surface area contributed by atoms with E-state index < -0.39 is 35.7 Å². The molecule has 7 heteroatoms. The van der Waals surface area contributed by atoms with Gasteiger partial charge in [0.15, 0.2) is 0 Å². The molecular weight excluding hydrogens is 315 g/mol. The Morgan fingerprint density at radius 3 is 2.46 bits per heavy atom. The molecule has 0 aromatic heterocycles. The highest BCUT2D eigenvalue weighted by Gasteiger charge is 2.27. The lowest BCUT2D eigenvalue weighted by molar-refractivity contribution is -0.145. The fraction of sp³-hybridized carbons (Fsp3) is 0.353. The van der Waals surface area contributed by atoms with Crippen molar-refractivity contribution in [1.29, 1.82) is 0 Å². The van der Waals surface area contributed by atoms with Gasteiger partial charge in [0.2, 0.25) is 11.8 Å². The van der Waals surface area contributed by atoms with Crippen LogP contribution in [0.5, 0.6) is 0 Å². The van der Waals surface area contributed by atoms with Gasteiger partial charge in [-0.15, -0.1) is 12.3 Å². The molecule has 0 saturated heterocycles. The van der Waals surface area contributed by atoms with Crippen LogP contribution in [0, 0.1) is 18.2 Å². The van der Waals surface area contributed by atoms with E-state index in [1.807, 2.05) is 0 Å². The van der Waals surface area contributed by atoms with Gasteiger partial charge in [-0.3, -0.25) is 9.59 Å². The Morgan fingerprint density at radius 1 is 1.25 bits per heavy atom. The largest absolute Gasteiger partial charge is 0.467 e. The lowest BCUT2D eigenvalue weighted by Crippen LogP contribution is -2.52. The number of esters is 1. The van der Waals surface area contributed by atoms with Crippen LogP contribution in [0.2, 0.25) is 0 Å². The van der Waals surface area contributed by atoms with E-state index in [1.54, 1.807) is 6.07 Å². The SMILES string of the molecule is C#CC[C@@H](NC(=O)[C@H](Cc1ccccc1F)NC(C)=O)C(=O)OC. The van der Waals surface area contributed by atoms with Crippen LogP contribution in [0.1, 0.15) is 18.9 Å². The van der Waals surface area contributed by atoms with Crippen LogP contribution in [-0.4, -0.2) is 37.0 Å². The zero-order valence-electron chi connectivity index (χ0n) is 13.5. The van der Waals surface area contributed by atoms with Crippen molar-refractivity contribution >= 4 is 17.8 Å². The summed E-state index contributed by atoms with van der Waals surface area (Å²) in [6.07, 6.45) is 5.04. The lowest BCUT2D eigenvalue weighted by Gasteiger charge is -2.21. The Bertz CT molecular complexity index is 654. The van der Waals surface area contributed by atoms with Crippen LogP contribution in [0.25, 0.3) is 0 Å². The van der Waals surface area contributed by atoms with E-state index in [0.29, 0.717) is 0 Å². The van der Waals surface area contributed by atoms with Crippen molar-refractivity contribution in [2.24, 2.45) is 0 Å². The minimum Gasteiger partial charge on any atom is -0.467 e. The van der Waals surface area contributed by atoms with Crippen molar-refractivity contribution in [3.8, 4) is 12.3 Å². The summed E-state index contributed by atoms with van der Waals surface area (Å²) in [6, 6.07) is 3.82. The molecule has 6 nitrogen and oxygen atoms in total. The number of nitrogens with one attached hydrogen (secondary N) is 2. The Morgan fingerprint density at radius 2 is 1.92 bits per heavy atom. The summed E-state index contributed by atoms with van der Waals surface area (Å²) < 4.78 is 18.3. The predicted octanol–water partition coefficient (Wildman–Crippen LogP) is 0.554. The molecule has 0 bridgehead atoms. The molecular formula is C17H19FN2O4. The maximum atomic E-state index is 13.8. The summed E-state index contributed by atoms with van der Waals surface area (Å²) in [6.45, 7) is 1.24. The second kappa shape index (κ2) is 9.30. The number of methoxy groups -OCH3 is 1. The van der Waals surface area contributed by atoms with Crippen LogP contribution in [0.15, 0.2) is 24.3 Å². The minimum absolute atomic E-state index is 0.0646. The third-order valence-electron chi connectivity index (χ3n) is 3.20. The maximum absolute atomic E-state index is 13.8. The van der Waals surface area contributed by atoms with E-state index in [4.69, 9.17) is 6.42 Å². The quantitative estimate of drug-likeness (QED) is 0.563. The average molecular weight is 334 g/mol. The second-order valence-electron chi connectivity index (χ2n) is 5.04. The van der Waals surface area contributed by atoms with Crippen LogP contribution >= 0.6 is 0 Å². The first kappa shape index (κ1) is 19.2. The fourth-order valence-electron chi connectivity index (χ4n) is 2.06. The van der Waals surface area contributed by atoms with E-state index in [2.05, 4.69) is 21.3 Å². The van der Waals surface area contributed by atoms with Crippen molar-refractivity contribution in [3.63, 3.8) is 0 Å². The van der Waals surface area contributed by atoms with Gasteiger partial charge in [0.05, 0.1) is 7.11 Å². The van der Waals surface area contributed by atoms with Crippen molar-refractivity contribution in [2.45, 2.75) is 31.8 Å². The van der Waals surface area contributed by atoms with Gasteiger partial charge in [-0.05, 0) is 11.6 Å². The number of carbonyl (C=O) groups excluding carboxylic acids is 3. The van der Waals surface area contributed by atoms with Crippen molar-refractivity contribution in [2.75, 3.05) is 7.11 Å². The first-order valence-electron chi connectivity index (χ1n) is 7.21. The number of terminal acetylenes is 1. The number of halogens is 1. The van der Waals surface area contributed by atoms with Gasteiger partial charge in [0, 0.05) is 19.8 Å². The van der Waals surface area contributed by atoms with E-state index in [0.717, 1.165) is 0 Å². The van der Waals surface area contributed by atoms with E-state index in [9.17, 15) is 18.8 Å². The molecule has 0 heterocycles. The highest BCUT2D eigenvalue weighted by Crippen LogP contribution is 2.10. The van der Waals surface area contributed by atoms with Gasteiger partial charge in [0.1, 0.15) is 17.9 Å². The van der Waals surface area contributed by atoms with Crippen molar-refractivity contribution < 1.29 is 23.5 Å². The van der Waals surface area contributed by atoms with Gasteiger partial charge in [-0.2, -0.15) is 0 Å². The first-order chi connectivity index (χ1) is 11.4. The molecule has 1 rings (SSSR count). The smallest absolute Gasteiger partial charge is 0.329 e. The van der Waals surface area contributed by atoms with Crippen molar-refractivity contribution in [3.05, 3.63) is 35.6 Å². The zero-order valence-corrected chi connectivity index (χ0v) is 13.5. The summed E-state index contributed by atoms with van der Waals surface area (Å²) in [4.78, 5) is 35.3. The maximum Gasteiger partial charge on any atom is 0.329 e. The Labute approximate surface area is 139 Å². The van der Waals surface area contributed by atoms with Gasteiger partial charge >= 0.3 is 5.97 Å². The number of amides is 2. The molecule has 128 valence electrons. The molecule has 0 aliphatic rings. The average Bonchev–Trinajstić information content (AvgIpc) is 2.54. The number of ether oxygens (including phenoxy) is 1. The lowest BCUT2D eigenvalue weighted by atomic mass is 10.0. The van der Waals surface area contributed by atoms with Crippen LogP contribution < -0.4 is 10.6 Å². The van der Waals surface area contributed by atoms with Gasteiger partial charge < -0.3 is 15.4 Å². The summed E-state index contributed by atoms with van der Waals surface area (Å²) >= 11 is 0. The zero-order chi connectivity index (χ0) is 18.1. The Kier molecular flexibility index (Phi) is 7.43. The normalized spacial score (nSPS) is 12.4. The monoisotopic (exact) mass is 334 g/mol. The highest BCUT2D eigenvalue weighted by atomic mass is 19.1. The minimum atomic E-state index is -1.05. The molecule has 24 heavy (non-hydrogen) atoms. The molecule has 0 aliphatic heterocycles. The molecule has 2 amide bonds. The summed E-state index contributed by atoms with van der Waals surface area (Å²) in [5.74, 6) is -0.0418. The number of hydrogen-bond acceptors (Lipinski definition) is 4. The Hall–Kier alpha value is -2.88. The summed E-state index contributed by atoms with van der Waals surface area (Å²) in [5, 5.41) is 4.86. The van der Waals surface area contributed by atoms with Crippen molar-refractivity contribution in [1.82, 2.24) is 10.6 Å². The van der Waals surface area contributed by atoms with Gasteiger partial charge in [0.25, 0.3) is 0 Å². The van der Waals surface area contributed by atoms with Gasteiger partial charge in [-0.25, -0.2) is 9.18 Å². The molecule has 0 spiro atoms. The predicted molar refractivity (Wildman–Crippen MR) is 85.1 cm³/mol. The molecule has 1 aromatic rings. The standard InChI is InChI=1S/C17H19FN2O4/c1-4-7-14(17(23)24-3)20-16(22)15(19-11(2)21)10-12-8-5-6-9-13(12)18/h1,5-6,8-9,14-15H,7,10H2,2-3H3,(H,19,21)(H,20,22)/t14-,15+/m1/s1. The van der Waals surface area contributed by atoms with E-state index >= 15 is 0 Å². The molecule has 2 atom stereocenters. The molecule has 1 aromatic carbocycles. The number of benzene rings is 1.